The van der Waals surface area contributed by atoms with Gasteiger partial charge in [0.25, 0.3) is 0 Å². The fourth-order valence-electron chi connectivity index (χ4n) is 2.51. The first-order valence-electron chi connectivity index (χ1n) is 6.16. The van der Waals surface area contributed by atoms with Gasteiger partial charge in [-0.1, -0.05) is 12.8 Å². The summed E-state index contributed by atoms with van der Waals surface area (Å²) in [5.74, 6) is 1.20. The molecule has 0 aromatic heterocycles. The molecule has 3 nitrogen and oxygen atoms in total. The third-order valence-electron chi connectivity index (χ3n) is 3.54. The number of nitrogens with one attached hydrogen (secondary N) is 1. The fourth-order valence-corrected chi connectivity index (χ4v) is 2.51. The van der Waals surface area contributed by atoms with Gasteiger partial charge < -0.3 is 10.2 Å². The number of hydrogen-bond donors (Lipinski definition) is 1. The maximum Gasteiger partial charge on any atom is 0.219 e. The molecule has 1 saturated heterocycles. The monoisotopic (exact) mass is 210 g/mol. The van der Waals surface area contributed by atoms with Crippen molar-refractivity contribution in [3.05, 3.63) is 0 Å². The molecule has 2 fully saturated rings. The van der Waals surface area contributed by atoms with Gasteiger partial charge in [0.05, 0.1) is 0 Å². The Bertz CT molecular complexity index is 238. The van der Waals surface area contributed by atoms with Gasteiger partial charge in [0.15, 0.2) is 0 Å². The number of carbonyl (C=O) groups is 1. The minimum atomic E-state index is 0.217. The average molecular weight is 210 g/mol. The van der Waals surface area contributed by atoms with E-state index in [4.69, 9.17) is 0 Å². The standard InChI is InChI=1S/C12H22N2O/c1-9(7-11-3-4-11)13-12-5-6-14(8-12)10(2)15/h9,11-13H,3-8H2,1-2H3. The summed E-state index contributed by atoms with van der Waals surface area (Å²) in [6.07, 6.45) is 5.29. The molecule has 3 heteroatoms. The average Bonchev–Trinajstić information content (AvgIpc) is 2.82. The van der Waals surface area contributed by atoms with Crippen LogP contribution in [0.3, 0.4) is 0 Å². The summed E-state index contributed by atoms with van der Waals surface area (Å²) < 4.78 is 0. The highest BCUT2D eigenvalue weighted by Gasteiger charge is 2.28. The zero-order chi connectivity index (χ0) is 10.8. The number of nitrogens with zero attached hydrogens (tertiary/aromatic N) is 1. The molecule has 2 aliphatic rings. The molecule has 0 aromatic carbocycles. The second-order valence-corrected chi connectivity index (χ2v) is 5.20. The lowest BCUT2D eigenvalue weighted by molar-refractivity contribution is -0.127. The van der Waals surface area contributed by atoms with E-state index in [1.165, 1.54) is 19.3 Å². The van der Waals surface area contributed by atoms with Crippen LogP contribution in [0.4, 0.5) is 0 Å². The number of hydrogen-bond acceptors (Lipinski definition) is 2. The van der Waals surface area contributed by atoms with Crippen molar-refractivity contribution in [2.45, 2.75) is 51.6 Å². The molecule has 1 aliphatic heterocycles. The molecular weight excluding hydrogens is 188 g/mol. The zero-order valence-electron chi connectivity index (χ0n) is 9.83. The van der Waals surface area contributed by atoms with Crippen LogP contribution in [0.1, 0.15) is 39.5 Å². The van der Waals surface area contributed by atoms with Gasteiger partial charge in [-0.25, -0.2) is 0 Å². The van der Waals surface area contributed by atoms with Crippen molar-refractivity contribution >= 4 is 5.91 Å². The molecule has 1 N–H and O–H groups in total. The summed E-state index contributed by atoms with van der Waals surface area (Å²) in [4.78, 5) is 13.1. The Morgan fingerprint density at radius 1 is 1.47 bits per heavy atom. The second kappa shape index (κ2) is 4.52. The van der Waals surface area contributed by atoms with Crippen LogP contribution < -0.4 is 5.32 Å². The second-order valence-electron chi connectivity index (χ2n) is 5.20. The van der Waals surface area contributed by atoms with Gasteiger partial charge in [-0.3, -0.25) is 4.79 Å². The largest absolute Gasteiger partial charge is 0.341 e. The van der Waals surface area contributed by atoms with Crippen molar-refractivity contribution in [1.29, 1.82) is 0 Å². The van der Waals surface area contributed by atoms with Gasteiger partial charge in [-0.15, -0.1) is 0 Å². The molecule has 0 radical (unpaired) electrons. The van der Waals surface area contributed by atoms with Crippen molar-refractivity contribution in [2.24, 2.45) is 5.92 Å². The molecule has 2 unspecified atom stereocenters. The van der Waals surface area contributed by atoms with Crippen LogP contribution in [0, 0.1) is 5.92 Å². The van der Waals surface area contributed by atoms with Gasteiger partial charge in [0.2, 0.25) is 5.91 Å². The Hall–Kier alpha value is -0.570. The Morgan fingerprint density at radius 3 is 2.73 bits per heavy atom. The third kappa shape index (κ3) is 3.20. The molecule has 86 valence electrons. The molecule has 1 saturated carbocycles. The SMILES string of the molecule is CC(=O)N1CCC(NC(C)CC2CC2)C1. The molecule has 2 atom stereocenters. The van der Waals surface area contributed by atoms with Crippen molar-refractivity contribution in [1.82, 2.24) is 10.2 Å². The molecule has 2 rings (SSSR count). The van der Waals surface area contributed by atoms with Crippen LogP contribution in [0.25, 0.3) is 0 Å². The molecule has 1 heterocycles. The highest BCUT2D eigenvalue weighted by Crippen LogP contribution is 2.33. The Kier molecular flexibility index (Phi) is 3.29. The predicted octanol–water partition coefficient (Wildman–Crippen LogP) is 1.39. The van der Waals surface area contributed by atoms with Crippen LogP contribution in [0.15, 0.2) is 0 Å². The Labute approximate surface area is 92.2 Å². The number of carbonyl (C=O) groups excluding carboxylic acids is 1. The molecule has 0 bridgehead atoms. The van der Waals surface area contributed by atoms with E-state index in [0.29, 0.717) is 12.1 Å². The molecule has 1 aliphatic carbocycles. The van der Waals surface area contributed by atoms with E-state index in [0.717, 1.165) is 25.4 Å². The molecular formula is C12H22N2O. The summed E-state index contributed by atoms with van der Waals surface area (Å²) in [7, 11) is 0. The first kappa shape index (κ1) is 10.9. The van der Waals surface area contributed by atoms with Crippen LogP contribution in [0.5, 0.6) is 0 Å². The molecule has 0 aromatic rings. The van der Waals surface area contributed by atoms with Crippen LogP contribution in [-0.2, 0) is 4.79 Å². The Balaban J connectivity index is 1.68. The van der Waals surface area contributed by atoms with Crippen molar-refractivity contribution in [2.75, 3.05) is 13.1 Å². The first-order chi connectivity index (χ1) is 7.15. The Morgan fingerprint density at radius 2 is 2.20 bits per heavy atom. The lowest BCUT2D eigenvalue weighted by Gasteiger charge is -2.19. The third-order valence-corrected chi connectivity index (χ3v) is 3.54. The van der Waals surface area contributed by atoms with E-state index in [2.05, 4.69) is 12.2 Å². The maximum atomic E-state index is 11.2. The fraction of sp³-hybridized carbons (Fsp3) is 0.917. The van der Waals surface area contributed by atoms with E-state index < -0.39 is 0 Å². The van der Waals surface area contributed by atoms with Gasteiger partial charge in [0.1, 0.15) is 0 Å². The van der Waals surface area contributed by atoms with Crippen LogP contribution in [0.2, 0.25) is 0 Å². The summed E-state index contributed by atoms with van der Waals surface area (Å²) in [5, 5.41) is 3.64. The minimum absolute atomic E-state index is 0.217. The minimum Gasteiger partial charge on any atom is -0.341 e. The van der Waals surface area contributed by atoms with Crippen LogP contribution >= 0.6 is 0 Å². The topological polar surface area (TPSA) is 32.3 Å². The van der Waals surface area contributed by atoms with E-state index >= 15 is 0 Å². The smallest absolute Gasteiger partial charge is 0.219 e. The first-order valence-corrected chi connectivity index (χ1v) is 6.16. The normalized spacial score (nSPS) is 28.1. The van der Waals surface area contributed by atoms with Crippen LogP contribution in [-0.4, -0.2) is 36.0 Å². The lowest BCUT2D eigenvalue weighted by Crippen LogP contribution is -2.39. The summed E-state index contributed by atoms with van der Waals surface area (Å²) >= 11 is 0. The van der Waals surface area contributed by atoms with Crippen molar-refractivity contribution in [3.8, 4) is 0 Å². The molecule has 0 spiro atoms. The number of likely N-dealkylation sites (tertiary alicyclic amines) is 1. The highest BCUT2D eigenvalue weighted by atomic mass is 16.2. The van der Waals surface area contributed by atoms with E-state index in [-0.39, 0.29) is 5.91 Å². The lowest BCUT2D eigenvalue weighted by atomic mass is 10.1. The van der Waals surface area contributed by atoms with Gasteiger partial charge in [0, 0.05) is 32.1 Å². The maximum absolute atomic E-state index is 11.2. The quantitative estimate of drug-likeness (QED) is 0.760. The molecule has 1 amide bonds. The van der Waals surface area contributed by atoms with E-state index in [9.17, 15) is 4.79 Å². The van der Waals surface area contributed by atoms with E-state index in [1.807, 2.05) is 4.90 Å². The summed E-state index contributed by atoms with van der Waals surface area (Å²) in [6, 6.07) is 1.15. The number of amides is 1. The van der Waals surface area contributed by atoms with Crippen molar-refractivity contribution in [3.63, 3.8) is 0 Å². The van der Waals surface area contributed by atoms with Gasteiger partial charge in [-0.05, 0) is 25.7 Å². The number of rotatable bonds is 4. The van der Waals surface area contributed by atoms with Gasteiger partial charge in [-0.2, -0.15) is 0 Å². The summed E-state index contributed by atoms with van der Waals surface area (Å²) in [6.45, 7) is 5.78. The van der Waals surface area contributed by atoms with E-state index in [1.54, 1.807) is 6.92 Å². The van der Waals surface area contributed by atoms with Crippen molar-refractivity contribution < 1.29 is 4.79 Å². The predicted molar refractivity (Wildman–Crippen MR) is 60.6 cm³/mol. The zero-order valence-corrected chi connectivity index (χ0v) is 9.83. The summed E-state index contributed by atoms with van der Waals surface area (Å²) in [5.41, 5.74) is 0. The highest BCUT2D eigenvalue weighted by molar-refractivity contribution is 5.73. The van der Waals surface area contributed by atoms with Gasteiger partial charge >= 0.3 is 0 Å². The molecule has 15 heavy (non-hydrogen) atoms.